The van der Waals surface area contributed by atoms with E-state index in [4.69, 9.17) is 11.6 Å². The van der Waals surface area contributed by atoms with E-state index < -0.39 is 10.0 Å². The lowest BCUT2D eigenvalue weighted by Gasteiger charge is -2.20. The molecule has 0 spiro atoms. The van der Waals surface area contributed by atoms with Gasteiger partial charge in [-0.3, -0.25) is 5.10 Å². The van der Waals surface area contributed by atoms with Gasteiger partial charge in [0.05, 0.1) is 5.88 Å². The molecular weight excluding hydrogens is 286 g/mol. The Morgan fingerprint density at radius 2 is 2.05 bits per heavy atom. The van der Waals surface area contributed by atoms with Gasteiger partial charge in [-0.1, -0.05) is 0 Å². The molecule has 0 aliphatic heterocycles. The Balaban J connectivity index is 1.94. The number of halogens is 1. The average Bonchev–Trinajstić information content (AvgIpc) is 3.24. The maximum Gasteiger partial charge on any atom is 0.262 e. The molecule has 0 atom stereocenters. The van der Waals surface area contributed by atoms with E-state index >= 15 is 0 Å². The maximum atomic E-state index is 12.8. The van der Waals surface area contributed by atoms with Crippen LogP contribution in [0.15, 0.2) is 5.03 Å². The second kappa shape index (κ2) is 4.75. The fourth-order valence-electron chi connectivity index (χ4n) is 2.27. The lowest BCUT2D eigenvalue weighted by molar-refractivity contribution is 0.386. The summed E-state index contributed by atoms with van der Waals surface area (Å²) in [5, 5.41) is 6.83. The summed E-state index contributed by atoms with van der Waals surface area (Å²) in [7, 11) is -3.51. The molecule has 19 heavy (non-hydrogen) atoms. The molecular formula is C12H18ClN3O2S. The van der Waals surface area contributed by atoms with E-state index in [1.165, 1.54) is 0 Å². The number of rotatable bonds is 6. The Morgan fingerprint density at radius 1 is 1.37 bits per heavy atom. The Hall–Kier alpha value is -0.590. The first-order valence-corrected chi connectivity index (χ1v) is 8.63. The molecule has 106 valence electrons. The van der Waals surface area contributed by atoms with Crippen molar-refractivity contribution in [1.82, 2.24) is 14.5 Å². The second-order valence-electron chi connectivity index (χ2n) is 5.52. The summed E-state index contributed by atoms with van der Waals surface area (Å²) >= 11 is 5.86. The standard InChI is InChI=1S/C12H18ClN3O2S/c1-8-11(6-13)12(15-14-8)19(17,18)16(10-4-5-10)7-9-2-3-9/h9-10H,2-7H2,1H3,(H,14,15). The van der Waals surface area contributed by atoms with Crippen LogP contribution in [0.25, 0.3) is 0 Å². The Bertz CT molecular complexity index is 576. The van der Waals surface area contributed by atoms with E-state index in [1.807, 2.05) is 0 Å². The highest BCUT2D eigenvalue weighted by atomic mass is 35.5. The van der Waals surface area contributed by atoms with Gasteiger partial charge >= 0.3 is 0 Å². The predicted molar refractivity (Wildman–Crippen MR) is 72.5 cm³/mol. The van der Waals surface area contributed by atoms with Crippen molar-refractivity contribution in [3.8, 4) is 0 Å². The smallest absolute Gasteiger partial charge is 0.262 e. The zero-order chi connectivity index (χ0) is 13.6. The number of aromatic nitrogens is 2. The summed E-state index contributed by atoms with van der Waals surface area (Å²) in [5.74, 6) is 0.702. The molecule has 0 unspecified atom stereocenters. The van der Waals surface area contributed by atoms with Gasteiger partial charge in [0.15, 0.2) is 5.03 Å². The van der Waals surface area contributed by atoms with Crippen LogP contribution in [0.2, 0.25) is 0 Å². The van der Waals surface area contributed by atoms with Crippen LogP contribution in [0, 0.1) is 12.8 Å². The third-order valence-electron chi connectivity index (χ3n) is 3.81. The number of alkyl halides is 1. The number of sulfonamides is 1. The third-order valence-corrected chi connectivity index (χ3v) is 5.97. The lowest BCUT2D eigenvalue weighted by Crippen LogP contribution is -2.35. The van der Waals surface area contributed by atoms with Gasteiger partial charge in [0.25, 0.3) is 10.0 Å². The van der Waals surface area contributed by atoms with Crippen molar-refractivity contribution in [2.45, 2.75) is 49.6 Å². The van der Waals surface area contributed by atoms with Crippen LogP contribution < -0.4 is 0 Å². The minimum absolute atomic E-state index is 0.118. The molecule has 7 heteroatoms. The third kappa shape index (κ3) is 2.53. The predicted octanol–water partition coefficient (Wildman–Crippen LogP) is 2.02. The normalized spacial score (nSPS) is 20.2. The van der Waals surface area contributed by atoms with Crippen LogP contribution in [-0.2, 0) is 15.9 Å². The van der Waals surface area contributed by atoms with Gasteiger partial charge in [0, 0.05) is 23.8 Å². The molecule has 2 aliphatic carbocycles. The first-order chi connectivity index (χ1) is 9.04. The Labute approximate surface area is 118 Å². The van der Waals surface area contributed by atoms with Crippen LogP contribution >= 0.6 is 11.6 Å². The van der Waals surface area contributed by atoms with E-state index in [-0.39, 0.29) is 16.9 Å². The molecule has 5 nitrogen and oxygen atoms in total. The highest BCUT2D eigenvalue weighted by molar-refractivity contribution is 7.89. The fourth-order valence-corrected chi connectivity index (χ4v) is 4.61. The maximum absolute atomic E-state index is 12.8. The minimum Gasteiger partial charge on any atom is -0.281 e. The van der Waals surface area contributed by atoms with Gasteiger partial charge in [-0.25, -0.2) is 8.42 Å². The number of hydrogen-bond acceptors (Lipinski definition) is 3. The number of aryl methyl sites for hydroxylation is 1. The summed E-state index contributed by atoms with van der Waals surface area (Å²) in [6, 6.07) is 0.172. The van der Waals surface area contributed by atoms with Crippen LogP contribution in [0.4, 0.5) is 0 Å². The molecule has 1 heterocycles. The molecule has 0 amide bonds. The largest absolute Gasteiger partial charge is 0.281 e. The molecule has 1 aromatic rings. The minimum atomic E-state index is -3.51. The first-order valence-electron chi connectivity index (χ1n) is 6.65. The van der Waals surface area contributed by atoms with E-state index in [0.29, 0.717) is 18.0 Å². The van der Waals surface area contributed by atoms with E-state index in [9.17, 15) is 8.42 Å². The quantitative estimate of drug-likeness (QED) is 0.818. The van der Waals surface area contributed by atoms with Gasteiger partial charge in [0.2, 0.25) is 0 Å². The zero-order valence-corrected chi connectivity index (χ0v) is 12.5. The van der Waals surface area contributed by atoms with E-state index in [0.717, 1.165) is 31.4 Å². The first kappa shape index (κ1) is 13.4. The van der Waals surface area contributed by atoms with Gasteiger partial charge in [-0.2, -0.15) is 9.40 Å². The van der Waals surface area contributed by atoms with Gasteiger partial charge in [0.1, 0.15) is 0 Å². The molecule has 2 aliphatic rings. The van der Waals surface area contributed by atoms with Gasteiger partial charge in [-0.05, 0) is 38.5 Å². The van der Waals surface area contributed by atoms with E-state index in [2.05, 4.69) is 10.2 Å². The molecule has 0 saturated heterocycles. The topological polar surface area (TPSA) is 66.1 Å². The number of nitrogens with zero attached hydrogens (tertiary/aromatic N) is 2. The summed E-state index contributed by atoms with van der Waals surface area (Å²) in [6.07, 6.45) is 4.21. The second-order valence-corrected chi connectivity index (χ2v) is 7.59. The molecule has 2 saturated carbocycles. The fraction of sp³-hybridized carbons (Fsp3) is 0.750. The highest BCUT2D eigenvalue weighted by Gasteiger charge is 2.42. The number of H-pyrrole nitrogens is 1. The van der Waals surface area contributed by atoms with Crippen molar-refractivity contribution in [1.29, 1.82) is 0 Å². The van der Waals surface area contributed by atoms with Gasteiger partial charge < -0.3 is 0 Å². The van der Waals surface area contributed by atoms with Crippen LogP contribution in [0.5, 0.6) is 0 Å². The Morgan fingerprint density at radius 3 is 2.58 bits per heavy atom. The van der Waals surface area contributed by atoms with Crippen molar-refractivity contribution < 1.29 is 8.42 Å². The Kier molecular flexibility index (Phi) is 3.35. The van der Waals surface area contributed by atoms with Crippen molar-refractivity contribution in [2.24, 2.45) is 5.92 Å². The zero-order valence-electron chi connectivity index (χ0n) is 10.9. The molecule has 2 fully saturated rings. The number of aromatic amines is 1. The molecule has 1 N–H and O–H groups in total. The van der Waals surface area contributed by atoms with Gasteiger partial charge in [-0.15, -0.1) is 11.6 Å². The van der Waals surface area contributed by atoms with Crippen molar-refractivity contribution >= 4 is 21.6 Å². The summed E-state index contributed by atoms with van der Waals surface area (Å²) in [4.78, 5) is 0. The number of hydrogen-bond donors (Lipinski definition) is 1. The molecule has 1 aromatic heterocycles. The molecule has 0 aromatic carbocycles. The molecule has 0 bridgehead atoms. The summed E-state index contributed by atoms with van der Waals surface area (Å²) in [6.45, 7) is 2.44. The van der Waals surface area contributed by atoms with Crippen molar-refractivity contribution in [3.05, 3.63) is 11.3 Å². The summed E-state index contributed by atoms with van der Waals surface area (Å²) < 4.78 is 27.2. The highest BCUT2D eigenvalue weighted by Crippen LogP contribution is 2.38. The monoisotopic (exact) mass is 303 g/mol. The van der Waals surface area contributed by atoms with Crippen LogP contribution in [-0.4, -0.2) is 35.5 Å². The average molecular weight is 304 g/mol. The van der Waals surface area contributed by atoms with E-state index in [1.54, 1.807) is 11.2 Å². The summed E-state index contributed by atoms with van der Waals surface area (Å²) in [5.41, 5.74) is 1.33. The molecule has 0 radical (unpaired) electrons. The van der Waals surface area contributed by atoms with Crippen LogP contribution in [0.1, 0.15) is 36.9 Å². The van der Waals surface area contributed by atoms with Crippen LogP contribution in [0.3, 0.4) is 0 Å². The number of nitrogens with one attached hydrogen (secondary N) is 1. The van der Waals surface area contributed by atoms with Crippen molar-refractivity contribution in [2.75, 3.05) is 6.54 Å². The lowest BCUT2D eigenvalue weighted by atomic mass is 10.3. The molecule has 3 rings (SSSR count). The SMILES string of the molecule is Cc1[nH]nc(S(=O)(=O)N(CC2CC2)C2CC2)c1CCl. The van der Waals surface area contributed by atoms with Crippen molar-refractivity contribution in [3.63, 3.8) is 0 Å².